The molecule has 0 bridgehead atoms. The Kier molecular flexibility index (Phi) is 4.61. The molecular weight excluding hydrogens is 254 g/mol. The van der Waals surface area contributed by atoms with E-state index in [4.69, 9.17) is 10.5 Å². The van der Waals surface area contributed by atoms with E-state index in [1.165, 1.54) is 5.56 Å². The van der Waals surface area contributed by atoms with Gasteiger partial charge < -0.3 is 10.5 Å². The molecule has 0 saturated heterocycles. The summed E-state index contributed by atoms with van der Waals surface area (Å²) in [5.74, 6) is 1.38. The van der Waals surface area contributed by atoms with Gasteiger partial charge in [-0.1, -0.05) is 19.1 Å². The first-order chi connectivity index (χ1) is 7.11. The van der Waals surface area contributed by atoms with Crippen LogP contribution in [-0.2, 0) is 0 Å². The Bertz CT molecular complexity index is 339. The zero-order valence-electron chi connectivity index (χ0n) is 9.51. The third-order valence-electron chi connectivity index (χ3n) is 2.66. The van der Waals surface area contributed by atoms with Crippen LogP contribution in [0.15, 0.2) is 16.6 Å². The number of halogens is 1. The molecule has 2 nitrogen and oxygen atoms in total. The van der Waals surface area contributed by atoms with E-state index in [1.54, 1.807) is 7.11 Å². The van der Waals surface area contributed by atoms with Crippen molar-refractivity contribution < 1.29 is 4.74 Å². The van der Waals surface area contributed by atoms with Crippen LogP contribution in [0.3, 0.4) is 0 Å². The molecule has 0 heterocycles. The number of aryl methyl sites for hydroxylation is 1. The van der Waals surface area contributed by atoms with Crippen molar-refractivity contribution >= 4 is 15.9 Å². The monoisotopic (exact) mass is 271 g/mol. The number of methoxy groups -OCH3 is 1. The first-order valence-corrected chi connectivity index (χ1v) is 5.94. The Labute approximate surface area is 99.9 Å². The third kappa shape index (κ3) is 2.73. The van der Waals surface area contributed by atoms with E-state index in [9.17, 15) is 0 Å². The van der Waals surface area contributed by atoms with Crippen LogP contribution in [0.5, 0.6) is 5.75 Å². The molecular formula is C12H18BrNO. The lowest BCUT2D eigenvalue weighted by atomic mass is 9.96. The minimum atomic E-state index is 0.457. The van der Waals surface area contributed by atoms with Gasteiger partial charge in [0.25, 0.3) is 0 Å². The number of hydrogen-bond acceptors (Lipinski definition) is 2. The summed E-state index contributed by atoms with van der Waals surface area (Å²) >= 11 is 3.60. The molecule has 84 valence electrons. The maximum absolute atomic E-state index is 5.57. The lowest BCUT2D eigenvalue weighted by Gasteiger charge is -2.16. The predicted octanol–water partition coefficient (Wildman–Crippen LogP) is 3.22. The van der Waals surface area contributed by atoms with Crippen LogP contribution < -0.4 is 10.5 Å². The quantitative estimate of drug-likeness (QED) is 0.913. The SMILES string of the molecule is COc1c(C)ccc(C(C)CCN)c1Br. The number of hydrogen-bond donors (Lipinski definition) is 1. The smallest absolute Gasteiger partial charge is 0.136 e. The highest BCUT2D eigenvalue weighted by atomic mass is 79.9. The molecule has 0 aromatic heterocycles. The molecule has 15 heavy (non-hydrogen) atoms. The Balaban J connectivity index is 3.09. The maximum Gasteiger partial charge on any atom is 0.136 e. The van der Waals surface area contributed by atoms with Gasteiger partial charge in [-0.2, -0.15) is 0 Å². The largest absolute Gasteiger partial charge is 0.495 e. The van der Waals surface area contributed by atoms with Gasteiger partial charge in [0.1, 0.15) is 5.75 Å². The highest BCUT2D eigenvalue weighted by Crippen LogP contribution is 2.36. The minimum Gasteiger partial charge on any atom is -0.495 e. The van der Waals surface area contributed by atoms with Gasteiger partial charge in [-0.15, -0.1) is 0 Å². The molecule has 1 aromatic carbocycles. The van der Waals surface area contributed by atoms with E-state index in [0.29, 0.717) is 12.5 Å². The van der Waals surface area contributed by atoms with E-state index in [1.807, 2.05) is 6.92 Å². The predicted molar refractivity (Wildman–Crippen MR) is 67.5 cm³/mol. The molecule has 0 saturated carbocycles. The molecule has 1 rings (SSSR count). The number of ether oxygens (including phenoxy) is 1. The van der Waals surface area contributed by atoms with Crippen molar-refractivity contribution in [3.8, 4) is 5.75 Å². The Morgan fingerprint density at radius 1 is 1.47 bits per heavy atom. The highest BCUT2D eigenvalue weighted by molar-refractivity contribution is 9.10. The van der Waals surface area contributed by atoms with Crippen LogP contribution in [0, 0.1) is 6.92 Å². The normalized spacial score (nSPS) is 12.6. The summed E-state index contributed by atoms with van der Waals surface area (Å²) in [5, 5.41) is 0. The fourth-order valence-corrected chi connectivity index (χ4v) is 2.70. The lowest BCUT2D eigenvalue weighted by Crippen LogP contribution is -2.05. The van der Waals surface area contributed by atoms with E-state index < -0.39 is 0 Å². The summed E-state index contributed by atoms with van der Waals surface area (Å²) in [6.07, 6.45) is 0.991. The zero-order chi connectivity index (χ0) is 11.4. The number of nitrogens with two attached hydrogens (primary N) is 1. The van der Waals surface area contributed by atoms with Crippen LogP contribution in [0.1, 0.15) is 30.4 Å². The van der Waals surface area contributed by atoms with Gasteiger partial charge in [-0.05, 0) is 52.9 Å². The van der Waals surface area contributed by atoms with Gasteiger partial charge in [0.2, 0.25) is 0 Å². The zero-order valence-corrected chi connectivity index (χ0v) is 11.1. The van der Waals surface area contributed by atoms with Crippen molar-refractivity contribution in [1.82, 2.24) is 0 Å². The van der Waals surface area contributed by atoms with Crippen molar-refractivity contribution in [1.29, 1.82) is 0 Å². The number of rotatable bonds is 4. The summed E-state index contributed by atoms with van der Waals surface area (Å²) in [4.78, 5) is 0. The van der Waals surface area contributed by atoms with Gasteiger partial charge in [-0.25, -0.2) is 0 Å². The number of benzene rings is 1. The van der Waals surface area contributed by atoms with Crippen LogP contribution in [0.4, 0.5) is 0 Å². The standard InChI is InChI=1S/C12H18BrNO/c1-8(6-7-14)10-5-4-9(2)12(15-3)11(10)13/h4-5,8H,6-7,14H2,1-3H3. The molecule has 0 amide bonds. The average Bonchev–Trinajstić information content (AvgIpc) is 2.18. The summed E-state index contributed by atoms with van der Waals surface area (Å²) in [6.45, 7) is 4.94. The van der Waals surface area contributed by atoms with Gasteiger partial charge in [0, 0.05) is 0 Å². The van der Waals surface area contributed by atoms with Crippen molar-refractivity contribution in [3.63, 3.8) is 0 Å². The summed E-state index contributed by atoms with van der Waals surface area (Å²) in [6, 6.07) is 4.23. The third-order valence-corrected chi connectivity index (χ3v) is 3.48. The second-order valence-electron chi connectivity index (χ2n) is 3.80. The molecule has 1 unspecified atom stereocenters. The van der Waals surface area contributed by atoms with E-state index in [2.05, 4.69) is 35.0 Å². The fourth-order valence-electron chi connectivity index (χ4n) is 1.70. The maximum atomic E-state index is 5.57. The average molecular weight is 272 g/mol. The van der Waals surface area contributed by atoms with E-state index in [0.717, 1.165) is 22.2 Å². The molecule has 0 spiro atoms. The summed E-state index contributed by atoms with van der Waals surface area (Å²) < 4.78 is 6.43. The summed E-state index contributed by atoms with van der Waals surface area (Å²) in [7, 11) is 1.70. The van der Waals surface area contributed by atoms with Crippen molar-refractivity contribution in [3.05, 3.63) is 27.7 Å². The van der Waals surface area contributed by atoms with Gasteiger partial charge in [-0.3, -0.25) is 0 Å². The van der Waals surface area contributed by atoms with E-state index >= 15 is 0 Å². The molecule has 2 N–H and O–H groups in total. The summed E-state index contributed by atoms with van der Waals surface area (Å²) in [5.41, 5.74) is 7.98. The Morgan fingerprint density at radius 3 is 2.67 bits per heavy atom. The van der Waals surface area contributed by atoms with Crippen molar-refractivity contribution in [2.75, 3.05) is 13.7 Å². The van der Waals surface area contributed by atoms with Gasteiger partial charge >= 0.3 is 0 Å². The molecule has 0 aliphatic heterocycles. The van der Waals surface area contributed by atoms with Crippen molar-refractivity contribution in [2.45, 2.75) is 26.2 Å². The Hall–Kier alpha value is -0.540. The van der Waals surface area contributed by atoms with Crippen LogP contribution in [-0.4, -0.2) is 13.7 Å². The lowest BCUT2D eigenvalue weighted by molar-refractivity contribution is 0.407. The fraction of sp³-hybridized carbons (Fsp3) is 0.500. The molecule has 1 atom stereocenters. The van der Waals surface area contributed by atoms with Crippen LogP contribution >= 0.6 is 15.9 Å². The second-order valence-corrected chi connectivity index (χ2v) is 4.59. The molecule has 0 radical (unpaired) electrons. The van der Waals surface area contributed by atoms with Crippen molar-refractivity contribution in [2.24, 2.45) is 5.73 Å². The molecule has 1 aromatic rings. The van der Waals surface area contributed by atoms with Gasteiger partial charge in [0.15, 0.2) is 0 Å². The van der Waals surface area contributed by atoms with Gasteiger partial charge in [0.05, 0.1) is 11.6 Å². The molecule has 0 aliphatic rings. The van der Waals surface area contributed by atoms with Crippen LogP contribution in [0.25, 0.3) is 0 Å². The van der Waals surface area contributed by atoms with Crippen LogP contribution in [0.2, 0.25) is 0 Å². The molecule has 0 aliphatic carbocycles. The van der Waals surface area contributed by atoms with E-state index in [-0.39, 0.29) is 0 Å². The molecule has 3 heteroatoms. The topological polar surface area (TPSA) is 35.2 Å². The first kappa shape index (κ1) is 12.5. The second kappa shape index (κ2) is 5.52. The Morgan fingerprint density at radius 2 is 2.13 bits per heavy atom. The first-order valence-electron chi connectivity index (χ1n) is 5.14. The highest BCUT2D eigenvalue weighted by Gasteiger charge is 2.13. The molecule has 0 fully saturated rings. The minimum absolute atomic E-state index is 0.457.